The van der Waals surface area contributed by atoms with Gasteiger partial charge in [0.1, 0.15) is 0 Å². The van der Waals surface area contributed by atoms with Crippen molar-refractivity contribution in [3.05, 3.63) is 52.5 Å². The molecule has 0 aliphatic heterocycles. The van der Waals surface area contributed by atoms with Gasteiger partial charge in [-0.15, -0.1) is 0 Å². The van der Waals surface area contributed by atoms with Crippen molar-refractivity contribution < 1.29 is 14.7 Å². The molecule has 6 nitrogen and oxygen atoms in total. The molecule has 0 aliphatic rings. The molecule has 2 rings (SSSR count). The van der Waals surface area contributed by atoms with Gasteiger partial charge in [-0.3, -0.25) is 4.79 Å². The number of phenols is 1. The number of urea groups is 1. The average molecular weight is 350 g/mol. The Kier molecular flexibility index (Phi) is 4.44. The van der Waals surface area contributed by atoms with Gasteiger partial charge in [0.15, 0.2) is 5.75 Å². The van der Waals surface area contributed by atoms with Crippen molar-refractivity contribution in [2.75, 3.05) is 10.6 Å². The SMILES string of the molecule is NC(=O)c1cccc(NC(=O)Nc2ccccc2Br)c1O. The normalized spacial score (nSPS) is 9.95. The molecule has 0 aromatic heterocycles. The van der Waals surface area contributed by atoms with Crippen LogP contribution in [0.4, 0.5) is 16.2 Å². The molecule has 0 saturated carbocycles. The van der Waals surface area contributed by atoms with Crippen molar-refractivity contribution in [3.63, 3.8) is 0 Å². The Bertz CT molecular complexity index is 704. The summed E-state index contributed by atoms with van der Waals surface area (Å²) in [5.74, 6) is -1.14. The number of hydrogen-bond acceptors (Lipinski definition) is 3. The molecule has 7 heteroatoms. The quantitative estimate of drug-likeness (QED) is 0.640. The Morgan fingerprint density at radius 1 is 1.00 bits per heavy atom. The second kappa shape index (κ2) is 6.27. The highest BCUT2D eigenvalue weighted by molar-refractivity contribution is 9.10. The summed E-state index contributed by atoms with van der Waals surface area (Å²) >= 11 is 3.30. The number of rotatable bonds is 3. The highest BCUT2D eigenvalue weighted by Gasteiger charge is 2.13. The maximum absolute atomic E-state index is 11.9. The number of anilines is 2. The molecule has 0 fully saturated rings. The number of carbonyl (C=O) groups is 2. The van der Waals surface area contributed by atoms with E-state index in [2.05, 4.69) is 26.6 Å². The van der Waals surface area contributed by atoms with Crippen LogP contribution in [0.15, 0.2) is 46.9 Å². The number of aromatic hydroxyl groups is 1. The fourth-order valence-corrected chi connectivity index (χ4v) is 2.07. The Morgan fingerprint density at radius 2 is 1.62 bits per heavy atom. The molecule has 0 saturated heterocycles. The summed E-state index contributed by atoms with van der Waals surface area (Å²) in [7, 11) is 0. The van der Waals surface area contributed by atoms with E-state index in [1.54, 1.807) is 18.2 Å². The van der Waals surface area contributed by atoms with Crippen molar-refractivity contribution in [1.29, 1.82) is 0 Å². The lowest BCUT2D eigenvalue weighted by Crippen LogP contribution is -2.20. The van der Waals surface area contributed by atoms with Crippen LogP contribution < -0.4 is 16.4 Å². The molecule has 0 unspecified atom stereocenters. The number of primary amides is 1. The number of nitrogens with one attached hydrogen (secondary N) is 2. The molecule has 3 amide bonds. The van der Waals surface area contributed by atoms with Crippen molar-refractivity contribution >= 4 is 39.2 Å². The van der Waals surface area contributed by atoms with E-state index in [1.807, 2.05) is 6.07 Å². The van der Waals surface area contributed by atoms with Gasteiger partial charge in [-0.25, -0.2) is 4.79 Å². The molecule has 0 bridgehead atoms. The second-order valence-electron chi connectivity index (χ2n) is 4.12. The van der Waals surface area contributed by atoms with Gasteiger partial charge in [0.25, 0.3) is 5.91 Å². The predicted molar refractivity (Wildman–Crippen MR) is 83.4 cm³/mol. The van der Waals surface area contributed by atoms with E-state index in [0.717, 1.165) is 4.47 Å². The summed E-state index contributed by atoms with van der Waals surface area (Å²) in [6.07, 6.45) is 0. The van der Waals surface area contributed by atoms with Crippen molar-refractivity contribution in [2.45, 2.75) is 0 Å². The monoisotopic (exact) mass is 349 g/mol. The third-order valence-electron chi connectivity index (χ3n) is 2.67. The van der Waals surface area contributed by atoms with Crippen molar-refractivity contribution in [1.82, 2.24) is 0 Å². The van der Waals surface area contributed by atoms with Gasteiger partial charge >= 0.3 is 6.03 Å². The van der Waals surface area contributed by atoms with Crippen molar-refractivity contribution in [3.8, 4) is 5.75 Å². The van der Waals surface area contributed by atoms with Gasteiger partial charge < -0.3 is 21.5 Å². The van der Waals surface area contributed by atoms with Crippen LogP contribution in [-0.2, 0) is 0 Å². The number of halogens is 1. The van der Waals surface area contributed by atoms with Gasteiger partial charge in [0.2, 0.25) is 0 Å². The van der Waals surface area contributed by atoms with E-state index in [-0.39, 0.29) is 17.0 Å². The first kappa shape index (κ1) is 14.9. The second-order valence-corrected chi connectivity index (χ2v) is 4.98. The maximum atomic E-state index is 11.9. The number of hydrogen-bond donors (Lipinski definition) is 4. The minimum atomic E-state index is -0.776. The standard InChI is InChI=1S/C14H12BrN3O3/c15-9-5-1-2-6-10(9)17-14(21)18-11-7-3-4-8(12(11)19)13(16)20/h1-7,19H,(H2,16,20)(H2,17,18,21). The van der Waals surface area contributed by atoms with Gasteiger partial charge in [-0.2, -0.15) is 0 Å². The van der Waals surface area contributed by atoms with Crippen LogP contribution in [0.2, 0.25) is 0 Å². The summed E-state index contributed by atoms with van der Waals surface area (Å²) in [6.45, 7) is 0. The van der Waals surface area contributed by atoms with E-state index in [1.165, 1.54) is 18.2 Å². The zero-order valence-corrected chi connectivity index (χ0v) is 12.3. The molecular formula is C14H12BrN3O3. The van der Waals surface area contributed by atoms with E-state index in [4.69, 9.17) is 5.73 Å². The van der Waals surface area contributed by atoms with Crippen LogP contribution in [-0.4, -0.2) is 17.0 Å². The number of para-hydroxylation sites is 2. The number of amides is 3. The molecular weight excluding hydrogens is 338 g/mol. The number of benzene rings is 2. The summed E-state index contributed by atoms with van der Waals surface area (Å²) in [4.78, 5) is 23.0. The third-order valence-corrected chi connectivity index (χ3v) is 3.36. The maximum Gasteiger partial charge on any atom is 0.323 e. The minimum Gasteiger partial charge on any atom is -0.505 e. The molecule has 0 heterocycles. The Hall–Kier alpha value is -2.54. The molecule has 5 N–H and O–H groups in total. The summed E-state index contributed by atoms with van der Waals surface area (Å²) < 4.78 is 0.718. The molecule has 0 aliphatic carbocycles. The molecule has 2 aromatic carbocycles. The molecule has 0 radical (unpaired) electrons. The molecule has 2 aromatic rings. The average Bonchev–Trinajstić information content (AvgIpc) is 2.43. The zero-order valence-electron chi connectivity index (χ0n) is 10.8. The summed E-state index contributed by atoms with van der Waals surface area (Å²) in [5, 5.41) is 14.9. The lowest BCUT2D eigenvalue weighted by Gasteiger charge is -2.11. The van der Waals surface area contributed by atoms with Crippen LogP contribution in [0.25, 0.3) is 0 Å². The molecule has 108 valence electrons. The van der Waals surface area contributed by atoms with Crippen LogP contribution in [0.3, 0.4) is 0 Å². The number of carbonyl (C=O) groups excluding carboxylic acids is 2. The summed E-state index contributed by atoms with van der Waals surface area (Å²) in [5.41, 5.74) is 5.73. The Morgan fingerprint density at radius 3 is 2.29 bits per heavy atom. The van der Waals surface area contributed by atoms with Gasteiger partial charge in [0, 0.05) is 4.47 Å². The Labute approximate surface area is 129 Å². The van der Waals surface area contributed by atoms with E-state index in [9.17, 15) is 14.7 Å². The lowest BCUT2D eigenvalue weighted by atomic mass is 10.1. The molecule has 0 atom stereocenters. The third kappa shape index (κ3) is 3.51. The fraction of sp³-hybridized carbons (Fsp3) is 0. The lowest BCUT2D eigenvalue weighted by molar-refractivity contribution is 0.0998. The number of nitrogens with two attached hydrogens (primary N) is 1. The van der Waals surface area contributed by atoms with Crippen LogP contribution in [0.5, 0.6) is 5.75 Å². The highest BCUT2D eigenvalue weighted by Crippen LogP contribution is 2.27. The van der Waals surface area contributed by atoms with Gasteiger partial charge in [-0.05, 0) is 40.2 Å². The Balaban J connectivity index is 2.15. The zero-order chi connectivity index (χ0) is 15.4. The minimum absolute atomic E-state index is 0.0614. The van der Waals surface area contributed by atoms with E-state index in [0.29, 0.717) is 5.69 Å². The summed E-state index contributed by atoms with van der Waals surface area (Å²) in [6, 6.07) is 10.9. The largest absolute Gasteiger partial charge is 0.505 e. The van der Waals surface area contributed by atoms with Gasteiger partial charge in [-0.1, -0.05) is 18.2 Å². The van der Waals surface area contributed by atoms with E-state index >= 15 is 0 Å². The first-order valence-electron chi connectivity index (χ1n) is 5.93. The predicted octanol–water partition coefficient (Wildman–Crippen LogP) is 2.90. The highest BCUT2D eigenvalue weighted by atomic mass is 79.9. The fourth-order valence-electron chi connectivity index (χ4n) is 1.68. The van der Waals surface area contributed by atoms with Crippen molar-refractivity contribution in [2.24, 2.45) is 5.73 Å². The topological polar surface area (TPSA) is 104 Å². The molecule has 0 spiro atoms. The van der Waals surface area contributed by atoms with Gasteiger partial charge in [0.05, 0.1) is 16.9 Å². The van der Waals surface area contributed by atoms with Crippen LogP contribution in [0.1, 0.15) is 10.4 Å². The first-order chi connectivity index (χ1) is 9.99. The first-order valence-corrected chi connectivity index (χ1v) is 6.72. The van der Waals surface area contributed by atoms with Crippen LogP contribution >= 0.6 is 15.9 Å². The smallest absolute Gasteiger partial charge is 0.323 e. The molecule has 21 heavy (non-hydrogen) atoms. The van der Waals surface area contributed by atoms with E-state index < -0.39 is 11.9 Å². The van der Waals surface area contributed by atoms with Crippen LogP contribution in [0, 0.1) is 0 Å².